The van der Waals surface area contributed by atoms with Gasteiger partial charge in [0.25, 0.3) is 5.91 Å². The summed E-state index contributed by atoms with van der Waals surface area (Å²) in [4.78, 5) is 27.3. The Morgan fingerprint density at radius 1 is 1.23 bits per heavy atom. The summed E-state index contributed by atoms with van der Waals surface area (Å²) in [5, 5.41) is 5.86. The molecule has 7 nitrogen and oxygen atoms in total. The first kappa shape index (κ1) is 20.2. The second kappa shape index (κ2) is 8.75. The van der Waals surface area contributed by atoms with Crippen LogP contribution in [0.1, 0.15) is 33.8 Å². The van der Waals surface area contributed by atoms with Crippen LogP contribution in [0.5, 0.6) is 5.75 Å². The molecule has 2 aromatic carbocycles. The van der Waals surface area contributed by atoms with Crippen molar-refractivity contribution in [2.24, 2.45) is 0 Å². The molecule has 0 saturated carbocycles. The summed E-state index contributed by atoms with van der Waals surface area (Å²) < 4.78 is 10.7. The lowest BCUT2D eigenvalue weighted by Crippen LogP contribution is -2.37. The lowest BCUT2D eigenvalue weighted by Gasteiger charge is -2.30. The molecular formula is C23H27N3O4. The maximum Gasteiger partial charge on any atom is 0.251 e. The maximum absolute atomic E-state index is 12.7. The number of hydrogen-bond donors (Lipinski definition) is 2. The van der Waals surface area contributed by atoms with Crippen LogP contribution in [0, 0.1) is 6.92 Å². The molecule has 2 aliphatic heterocycles. The Labute approximate surface area is 176 Å². The number of ether oxygens (including phenoxy) is 2. The van der Waals surface area contributed by atoms with Crippen LogP contribution >= 0.6 is 0 Å². The molecule has 2 aromatic rings. The number of rotatable bonds is 6. The molecule has 2 N–H and O–H groups in total. The number of nitrogens with zero attached hydrogens (tertiary/aromatic N) is 1. The molecule has 0 spiro atoms. The van der Waals surface area contributed by atoms with E-state index < -0.39 is 0 Å². The summed E-state index contributed by atoms with van der Waals surface area (Å²) >= 11 is 0. The van der Waals surface area contributed by atoms with Crippen molar-refractivity contribution >= 4 is 23.2 Å². The number of aryl methyl sites for hydroxylation is 1. The van der Waals surface area contributed by atoms with E-state index in [0.717, 1.165) is 41.3 Å². The van der Waals surface area contributed by atoms with Gasteiger partial charge in [-0.15, -0.1) is 0 Å². The zero-order chi connectivity index (χ0) is 21.1. The topological polar surface area (TPSA) is 79.9 Å². The number of hydrogen-bond acceptors (Lipinski definition) is 5. The number of carbonyl (C=O) groups is 2. The molecule has 2 amide bonds. The summed E-state index contributed by atoms with van der Waals surface area (Å²) in [7, 11) is 1.61. The van der Waals surface area contributed by atoms with Crippen molar-refractivity contribution in [3.63, 3.8) is 0 Å². The summed E-state index contributed by atoms with van der Waals surface area (Å²) in [6.07, 6.45) is 0.528. The molecule has 7 heteroatoms. The van der Waals surface area contributed by atoms with Gasteiger partial charge in [-0.2, -0.15) is 0 Å². The van der Waals surface area contributed by atoms with Crippen molar-refractivity contribution in [2.45, 2.75) is 19.3 Å². The van der Waals surface area contributed by atoms with Gasteiger partial charge in [-0.25, -0.2) is 0 Å². The number of anilines is 2. The third-order valence-electron chi connectivity index (χ3n) is 5.75. The molecule has 2 aliphatic rings. The fourth-order valence-corrected chi connectivity index (χ4v) is 4.05. The van der Waals surface area contributed by atoms with Crippen LogP contribution in [0.15, 0.2) is 36.4 Å². The average molecular weight is 409 g/mol. The molecule has 0 radical (unpaired) electrons. The summed E-state index contributed by atoms with van der Waals surface area (Å²) in [5.41, 5.74) is 4.56. The van der Waals surface area contributed by atoms with Crippen molar-refractivity contribution < 1.29 is 19.1 Å². The molecule has 1 fully saturated rings. The lowest BCUT2D eigenvalue weighted by molar-refractivity contribution is -0.117. The van der Waals surface area contributed by atoms with E-state index in [1.54, 1.807) is 7.11 Å². The van der Waals surface area contributed by atoms with Gasteiger partial charge in [0.15, 0.2) is 0 Å². The second-order valence-electron chi connectivity index (χ2n) is 7.64. The van der Waals surface area contributed by atoms with Gasteiger partial charge in [-0.3, -0.25) is 9.59 Å². The van der Waals surface area contributed by atoms with E-state index in [0.29, 0.717) is 31.7 Å². The van der Waals surface area contributed by atoms with E-state index in [4.69, 9.17) is 9.47 Å². The first-order valence-electron chi connectivity index (χ1n) is 10.3. The Balaban J connectivity index is 1.39. The van der Waals surface area contributed by atoms with E-state index in [9.17, 15) is 9.59 Å². The number of morpholine rings is 1. The van der Waals surface area contributed by atoms with Crippen molar-refractivity contribution in [3.8, 4) is 5.75 Å². The quantitative estimate of drug-likeness (QED) is 0.767. The fourth-order valence-electron chi connectivity index (χ4n) is 4.05. The highest BCUT2D eigenvalue weighted by Crippen LogP contribution is 2.36. The number of benzene rings is 2. The Bertz CT molecular complexity index is 953. The monoisotopic (exact) mass is 409 g/mol. The van der Waals surface area contributed by atoms with Gasteiger partial charge in [-0.05, 0) is 54.8 Å². The molecule has 0 aliphatic carbocycles. The molecular weight excluding hydrogens is 382 g/mol. The molecule has 158 valence electrons. The highest BCUT2D eigenvalue weighted by Gasteiger charge is 2.30. The van der Waals surface area contributed by atoms with Crippen LogP contribution in [-0.4, -0.2) is 51.8 Å². The number of nitrogens with one attached hydrogen (secondary N) is 2. The molecule has 1 saturated heterocycles. The molecule has 0 aromatic heterocycles. The van der Waals surface area contributed by atoms with Crippen LogP contribution in [0.25, 0.3) is 0 Å². The van der Waals surface area contributed by atoms with E-state index in [1.165, 1.54) is 0 Å². The lowest BCUT2D eigenvalue weighted by atomic mass is 9.97. The van der Waals surface area contributed by atoms with E-state index in [2.05, 4.69) is 22.5 Å². The first-order chi connectivity index (χ1) is 14.6. The highest BCUT2D eigenvalue weighted by atomic mass is 16.5. The Morgan fingerprint density at radius 2 is 2.03 bits per heavy atom. The summed E-state index contributed by atoms with van der Waals surface area (Å²) in [5.74, 6) is 0.248. The Kier molecular flexibility index (Phi) is 5.90. The molecule has 1 atom stereocenters. The van der Waals surface area contributed by atoms with Crippen molar-refractivity contribution in [2.75, 3.05) is 50.2 Å². The van der Waals surface area contributed by atoms with E-state index in [1.807, 2.05) is 36.4 Å². The van der Waals surface area contributed by atoms with Crippen LogP contribution in [0.2, 0.25) is 0 Å². The normalized spacial score (nSPS) is 18.0. The summed E-state index contributed by atoms with van der Waals surface area (Å²) in [6, 6.07) is 11.3. The number of carbonyl (C=O) groups excluding carboxylic acids is 2. The zero-order valence-corrected chi connectivity index (χ0v) is 17.4. The Hall–Kier alpha value is -3.06. The van der Waals surface area contributed by atoms with Crippen molar-refractivity contribution in [3.05, 3.63) is 53.1 Å². The summed E-state index contributed by atoms with van der Waals surface area (Å²) in [6.45, 7) is 5.51. The van der Waals surface area contributed by atoms with E-state index >= 15 is 0 Å². The third kappa shape index (κ3) is 4.11. The molecule has 4 rings (SSSR count). The number of amides is 2. The van der Waals surface area contributed by atoms with Gasteiger partial charge >= 0.3 is 0 Å². The van der Waals surface area contributed by atoms with Gasteiger partial charge in [0.2, 0.25) is 5.91 Å². The van der Waals surface area contributed by atoms with Crippen LogP contribution in [0.3, 0.4) is 0 Å². The van der Waals surface area contributed by atoms with Crippen molar-refractivity contribution in [1.82, 2.24) is 5.32 Å². The third-order valence-corrected chi connectivity index (χ3v) is 5.75. The van der Waals surface area contributed by atoms with Gasteiger partial charge in [0.1, 0.15) is 5.75 Å². The first-order valence-corrected chi connectivity index (χ1v) is 10.3. The van der Waals surface area contributed by atoms with Crippen LogP contribution < -0.4 is 20.3 Å². The number of fused-ring (bicyclic) bond motifs is 1. The maximum atomic E-state index is 12.7. The van der Waals surface area contributed by atoms with Crippen molar-refractivity contribution in [1.29, 1.82) is 0 Å². The van der Waals surface area contributed by atoms with Gasteiger partial charge in [0, 0.05) is 36.6 Å². The van der Waals surface area contributed by atoms with Gasteiger partial charge in [0.05, 0.1) is 26.2 Å². The minimum absolute atomic E-state index is 0.0440. The fraction of sp³-hybridized carbons (Fsp3) is 0.391. The average Bonchev–Trinajstić information content (AvgIpc) is 3.09. The highest BCUT2D eigenvalue weighted by molar-refractivity contribution is 6.03. The standard InChI is InChI=1S/C23H27N3O4/c1-15-3-4-16(13-21(15)26-9-11-30-12-10-26)22(27)24-8-7-18-19-14-17(29-2)5-6-20(19)25-23(18)28/h3-6,13-14,18H,7-12H2,1-2H3,(H,24,27)(H,25,28)/t18-/m0/s1. The predicted molar refractivity (Wildman–Crippen MR) is 116 cm³/mol. The minimum Gasteiger partial charge on any atom is -0.497 e. The second-order valence-corrected chi connectivity index (χ2v) is 7.64. The minimum atomic E-state index is -0.294. The Morgan fingerprint density at radius 3 is 2.80 bits per heavy atom. The van der Waals surface area contributed by atoms with Gasteiger partial charge in [-0.1, -0.05) is 6.07 Å². The van der Waals surface area contributed by atoms with Crippen LogP contribution in [0.4, 0.5) is 11.4 Å². The predicted octanol–water partition coefficient (Wildman–Crippen LogP) is 2.70. The van der Waals surface area contributed by atoms with Crippen LogP contribution in [-0.2, 0) is 9.53 Å². The number of methoxy groups -OCH3 is 1. The molecule has 2 heterocycles. The smallest absolute Gasteiger partial charge is 0.251 e. The zero-order valence-electron chi connectivity index (χ0n) is 17.4. The largest absolute Gasteiger partial charge is 0.497 e. The molecule has 0 bridgehead atoms. The van der Waals surface area contributed by atoms with E-state index in [-0.39, 0.29) is 17.7 Å². The SMILES string of the molecule is COc1ccc2c(c1)[C@H](CCNC(=O)c1ccc(C)c(N3CCOCC3)c1)C(=O)N2. The molecule has 30 heavy (non-hydrogen) atoms. The molecule has 0 unspecified atom stereocenters. The van der Waals surface area contributed by atoms with Gasteiger partial charge < -0.3 is 25.0 Å².